The highest BCUT2D eigenvalue weighted by atomic mass is 32.2. The van der Waals surface area contributed by atoms with Crippen LogP contribution in [0.3, 0.4) is 0 Å². The summed E-state index contributed by atoms with van der Waals surface area (Å²) in [6.45, 7) is 7.80. The van der Waals surface area contributed by atoms with E-state index in [9.17, 15) is 4.55 Å². The number of nitrogen functional groups attached to an aromatic ring is 1. The van der Waals surface area contributed by atoms with Gasteiger partial charge in [0.15, 0.2) is 4.87 Å². The van der Waals surface area contributed by atoms with E-state index in [0.29, 0.717) is 11.6 Å². The molecule has 0 aliphatic rings. The molecule has 0 aromatic heterocycles. The van der Waals surface area contributed by atoms with Gasteiger partial charge >= 0.3 is 0 Å². The van der Waals surface area contributed by atoms with E-state index in [1.165, 1.54) is 5.56 Å². The van der Waals surface area contributed by atoms with Crippen molar-refractivity contribution >= 4 is 17.0 Å². The molecular weight excluding hydrogens is 318 g/mol. The van der Waals surface area contributed by atoms with Gasteiger partial charge in [-0.3, -0.25) is 5.73 Å². The van der Waals surface area contributed by atoms with Crippen molar-refractivity contribution in [3.63, 3.8) is 0 Å². The lowest BCUT2D eigenvalue weighted by atomic mass is 9.95. The van der Waals surface area contributed by atoms with Gasteiger partial charge in [0.1, 0.15) is 6.04 Å². The Hall–Kier alpha value is -1.53. The Kier molecular flexibility index (Phi) is 5.93. The molecule has 2 aromatic rings. The maximum atomic E-state index is 12.5. The molecule has 0 bridgehead atoms. The standard InChI is InChI=1S/C19H27N3OS/c1-13(2)14-9-11-15(12-10-14)18(22-24(23)19(3,4)21)16-7-5-6-8-17(16)20/h5-13,18,22H,20-21H2,1-4H3/t18-,24-/m1/s1. The summed E-state index contributed by atoms with van der Waals surface area (Å²) in [6, 6.07) is 15.7. The molecule has 0 aliphatic heterocycles. The Balaban J connectivity index is 2.41. The number of hydrogen-bond acceptors (Lipinski definition) is 4. The Morgan fingerprint density at radius 3 is 2.04 bits per heavy atom. The molecule has 0 saturated heterocycles. The third-order valence-electron chi connectivity index (χ3n) is 3.95. The van der Waals surface area contributed by atoms with Crippen LogP contribution in [0.1, 0.15) is 56.3 Å². The van der Waals surface area contributed by atoms with E-state index in [0.717, 1.165) is 11.1 Å². The predicted molar refractivity (Wildman–Crippen MR) is 103 cm³/mol. The van der Waals surface area contributed by atoms with Crippen LogP contribution in [0.2, 0.25) is 0 Å². The average Bonchev–Trinajstić information content (AvgIpc) is 2.52. The first kappa shape index (κ1) is 18.8. The van der Waals surface area contributed by atoms with Crippen molar-refractivity contribution in [1.29, 1.82) is 0 Å². The third kappa shape index (κ3) is 4.51. The van der Waals surface area contributed by atoms with Crippen molar-refractivity contribution in [1.82, 2.24) is 4.72 Å². The average molecular weight is 346 g/mol. The fourth-order valence-electron chi connectivity index (χ4n) is 2.42. The van der Waals surface area contributed by atoms with Crippen LogP contribution in [0, 0.1) is 0 Å². The molecule has 4 nitrogen and oxygen atoms in total. The molecule has 24 heavy (non-hydrogen) atoms. The van der Waals surface area contributed by atoms with Gasteiger partial charge in [-0.1, -0.05) is 56.3 Å². The Morgan fingerprint density at radius 2 is 1.54 bits per heavy atom. The summed E-state index contributed by atoms with van der Waals surface area (Å²) in [7, 11) is 0. The van der Waals surface area contributed by atoms with Crippen LogP contribution < -0.4 is 16.2 Å². The van der Waals surface area contributed by atoms with Crippen molar-refractivity contribution in [3.05, 3.63) is 65.2 Å². The molecule has 2 aromatic carbocycles. The molecule has 0 spiro atoms. The minimum absolute atomic E-state index is 0.281. The number of para-hydroxylation sites is 1. The summed E-state index contributed by atoms with van der Waals surface area (Å²) in [5, 5.41) is 0. The normalized spacial score (nSPS) is 14.6. The highest BCUT2D eigenvalue weighted by molar-refractivity contribution is 7.90. The van der Waals surface area contributed by atoms with Crippen molar-refractivity contribution in [2.24, 2.45) is 5.73 Å². The fraction of sp³-hybridized carbons (Fsp3) is 0.368. The van der Waals surface area contributed by atoms with Crippen LogP contribution >= 0.6 is 0 Å². The van der Waals surface area contributed by atoms with E-state index in [1.807, 2.05) is 24.3 Å². The Bertz CT molecular complexity index is 665. The summed E-state index contributed by atoms with van der Waals surface area (Å²) in [6.07, 6.45) is 0. The van der Waals surface area contributed by atoms with Crippen LogP contribution in [0.25, 0.3) is 0 Å². The largest absolute Gasteiger partial charge is 0.597 e. The van der Waals surface area contributed by atoms with Gasteiger partial charge in [-0.05, 0) is 23.1 Å². The zero-order valence-corrected chi connectivity index (χ0v) is 15.6. The molecule has 0 heterocycles. The fourth-order valence-corrected chi connectivity index (χ4v) is 3.20. The molecule has 5 N–H and O–H groups in total. The number of rotatable bonds is 6. The minimum atomic E-state index is -1.42. The molecule has 0 fully saturated rings. The van der Waals surface area contributed by atoms with Crippen molar-refractivity contribution < 1.29 is 4.55 Å². The second-order valence-electron chi connectivity index (χ2n) is 6.87. The van der Waals surface area contributed by atoms with Gasteiger partial charge < -0.3 is 10.3 Å². The van der Waals surface area contributed by atoms with Crippen LogP contribution in [0.4, 0.5) is 5.69 Å². The van der Waals surface area contributed by atoms with E-state index >= 15 is 0 Å². The minimum Gasteiger partial charge on any atom is -0.597 e. The summed E-state index contributed by atoms with van der Waals surface area (Å²) >= 11 is -1.42. The van der Waals surface area contributed by atoms with E-state index in [-0.39, 0.29) is 6.04 Å². The van der Waals surface area contributed by atoms with Crippen LogP contribution in [0.15, 0.2) is 48.5 Å². The first-order chi connectivity index (χ1) is 11.2. The zero-order chi connectivity index (χ0) is 17.9. The van der Waals surface area contributed by atoms with Crippen LogP contribution in [-0.2, 0) is 11.4 Å². The predicted octanol–water partition coefficient (Wildman–Crippen LogP) is 3.43. The number of nitrogens with one attached hydrogen (secondary N) is 1. The molecule has 0 amide bonds. The third-order valence-corrected chi connectivity index (χ3v) is 5.35. The van der Waals surface area contributed by atoms with Gasteiger partial charge in [-0.15, -0.1) is 4.72 Å². The molecule has 2 atom stereocenters. The van der Waals surface area contributed by atoms with Gasteiger partial charge in [0, 0.05) is 25.1 Å². The summed E-state index contributed by atoms with van der Waals surface area (Å²) < 4.78 is 15.7. The highest BCUT2D eigenvalue weighted by Gasteiger charge is 2.31. The number of nitrogens with two attached hydrogens (primary N) is 2. The van der Waals surface area contributed by atoms with Crippen LogP contribution in [0.5, 0.6) is 0 Å². The first-order valence-electron chi connectivity index (χ1n) is 8.11. The lowest BCUT2D eigenvalue weighted by Gasteiger charge is -2.28. The van der Waals surface area contributed by atoms with Gasteiger partial charge in [-0.25, -0.2) is 0 Å². The van der Waals surface area contributed by atoms with Crippen molar-refractivity contribution in [2.75, 3.05) is 5.73 Å². The first-order valence-corrected chi connectivity index (χ1v) is 9.26. The molecule has 5 heteroatoms. The van der Waals surface area contributed by atoms with E-state index < -0.39 is 16.2 Å². The van der Waals surface area contributed by atoms with E-state index in [4.69, 9.17) is 11.5 Å². The summed E-state index contributed by atoms with van der Waals surface area (Å²) in [5.41, 5.74) is 16.0. The van der Waals surface area contributed by atoms with Gasteiger partial charge in [0.2, 0.25) is 0 Å². The molecule has 0 radical (unpaired) electrons. The SMILES string of the molecule is CC(C)c1ccc([C@@H](N[S@+]([O-])C(C)(C)N)c2ccccc2N)cc1. The molecule has 0 aliphatic carbocycles. The maximum absolute atomic E-state index is 12.5. The lowest BCUT2D eigenvalue weighted by molar-refractivity contribution is 0.529. The Labute approximate surface area is 148 Å². The van der Waals surface area contributed by atoms with E-state index in [1.54, 1.807) is 13.8 Å². The summed E-state index contributed by atoms with van der Waals surface area (Å²) in [4.78, 5) is -0.848. The Morgan fingerprint density at radius 1 is 1.00 bits per heavy atom. The number of anilines is 1. The second kappa shape index (κ2) is 7.57. The topological polar surface area (TPSA) is 87.1 Å². The van der Waals surface area contributed by atoms with Crippen molar-refractivity contribution in [3.8, 4) is 0 Å². The van der Waals surface area contributed by atoms with E-state index in [2.05, 4.69) is 42.8 Å². The second-order valence-corrected chi connectivity index (χ2v) is 8.70. The molecule has 0 saturated carbocycles. The molecular formula is C19H27N3OS. The lowest BCUT2D eigenvalue weighted by Crippen LogP contribution is -2.49. The monoisotopic (exact) mass is 345 g/mol. The van der Waals surface area contributed by atoms with Gasteiger partial charge in [0.25, 0.3) is 0 Å². The quantitative estimate of drug-likeness (QED) is 0.553. The molecule has 130 valence electrons. The van der Waals surface area contributed by atoms with Crippen molar-refractivity contribution in [2.45, 2.75) is 44.5 Å². The zero-order valence-electron chi connectivity index (χ0n) is 14.7. The number of hydrogen-bond donors (Lipinski definition) is 3. The van der Waals surface area contributed by atoms with Gasteiger partial charge in [0.05, 0.1) is 11.4 Å². The van der Waals surface area contributed by atoms with Crippen LogP contribution in [-0.4, -0.2) is 9.42 Å². The number of benzene rings is 2. The molecule has 2 rings (SSSR count). The molecule has 0 unspecified atom stereocenters. The smallest absolute Gasteiger partial charge is 0.188 e. The summed E-state index contributed by atoms with van der Waals surface area (Å²) in [5.74, 6) is 0.462. The maximum Gasteiger partial charge on any atom is 0.188 e. The highest BCUT2D eigenvalue weighted by Crippen LogP contribution is 2.29. The van der Waals surface area contributed by atoms with Gasteiger partial charge in [-0.2, -0.15) is 0 Å².